The quantitative estimate of drug-likeness (QED) is 0.220. The van der Waals surface area contributed by atoms with Crippen LogP contribution in [0.3, 0.4) is 0 Å². The number of anilines is 1. The van der Waals surface area contributed by atoms with Crippen LogP contribution < -0.4 is 20.1 Å². The molecule has 0 aliphatic carbocycles. The second kappa shape index (κ2) is 12.3. The summed E-state index contributed by atoms with van der Waals surface area (Å²) in [6.07, 6.45) is 1.53. The number of amides is 4. The predicted octanol–water partition coefficient (Wildman–Crippen LogP) is 6.03. The molecule has 4 rings (SSSR count). The lowest BCUT2D eigenvalue weighted by molar-refractivity contribution is -0.127. The van der Waals surface area contributed by atoms with E-state index < -0.39 is 24.4 Å². The Hall–Kier alpha value is -3.63. The summed E-state index contributed by atoms with van der Waals surface area (Å²) in [5.41, 5.74) is 3.21. The lowest BCUT2D eigenvalue weighted by atomic mass is 10.1. The van der Waals surface area contributed by atoms with Crippen molar-refractivity contribution in [2.75, 3.05) is 18.5 Å². The highest BCUT2D eigenvalue weighted by Gasteiger charge is 2.35. The molecule has 0 bridgehead atoms. The second-order valence-electron chi connectivity index (χ2n) is 8.48. The average Bonchev–Trinajstić information content (AvgIpc) is 3.12. The SMILES string of the molecule is CCOc1cc(/C=C2/NC(=O)N(CC(=O)Nc3cccc(C)c3)C2=O)cc(Br)c1OCc1ccc(Br)cc1. The van der Waals surface area contributed by atoms with E-state index in [2.05, 4.69) is 42.5 Å². The Bertz CT molecular complexity index is 1410. The van der Waals surface area contributed by atoms with Crippen LogP contribution in [0, 0.1) is 6.92 Å². The zero-order chi connectivity index (χ0) is 27.2. The fourth-order valence-corrected chi connectivity index (χ4v) is 4.60. The number of carbonyl (C=O) groups excluding carboxylic acids is 3. The summed E-state index contributed by atoms with van der Waals surface area (Å²) in [4.78, 5) is 38.7. The zero-order valence-electron chi connectivity index (χ0n) is 20.7. The van der Waals surface area contributed by atoms with Crippen LogP contribution in [0.1, 0.15) is 23.6 Å². The molecule has 1 heterocycles. The largest absolute Gasteiger partial charge is 0.490 e. The molecule has 0 aromatic heterocycles. The van der Waals surface area contributed by atoms with Gasteiger partial charge in [-0.3, -0.25) is 9.59 Å². The van der Waals surface area contributed by atoms with E-state index in [1.807, 2.05) is 50.2 Å². The first kappa shape index (κ1) is 27.4. The first-order valence-electron chi connectivity index (χ1n) is 11.8. The van der Waals surface area contributed by atoms with Crippen LogP contribution in [-0.4, -0.2) is 35.9 Å². The molecule has 1 saturated heterocycles. The summed E-state index contributed by atoms with van der Waals surface area (Å²) in [6.45, 7) is 4.09. The van der Waals surface area contributed by atoms with Crippen LogP contribution in [0.4, 0.5) is 10.5 Å². The molecule has 10 heteroatoms. The summed E-state index contributed by atoms with van der Waals surface area (Å²) in [7, 11) is 0. The first-order valence-corrected chi connectivity index (χ1v) is 13.4. The highest BCUT2D eigenvalue weighted by atomic mass is 79.9. The molecule has 1 fully saturated rings. The van der Waals surface area contributed by atoms with Crippen molar-refractivity contribution >= 4 is 61.5 Å². The minimum absolute atomic E-state index is 0.0521. The third kappa shape index (κ3) is 6.81. The van der Waals surface area contributed by atoms with Crippen LogP contribution in [-0.2, 0) is 16.2 Å². The molecular formula is C28H25Br2N3O5. The molecular weight excluding hydrogens is 618 g/mol. The summed E-state index contributed by atoms with van der Waals surface area (Å²) < 4.78 is 13.4. The molecule has 0 atom stereocenters. The molecule has 4 amide bonds. The Labute approximate surface area is 237 Å². The van der Waals surface area contributed by atoms with Crippen molar-refractivity contribution in [1.29, 1.82) is 0 Å². The minimum atomic E-state index is -0.667. The lowest BCUT2D eigenvalue weighted by Crippen LogP contribution is -2.38. The van der Waals surface area contributed by atoms with Gasteiger partial charge < -0.3 is 20.1 Å². The molecule has 8 nitrogen and oxygen atoms in total. The smallest absolute Gasteiger partial charge is 0.329 e. The van der Waals surface area contributed by atoms with Crippen molar-refractivity contribution in [3.63, 3.8) is 0 Å². The zero-order valence-corrected chi connectivity index (χ0v) is 23.9. The van der Waals surface area contributed by atoms with Gasteiger partial charge in [-0.2, -0.15) is 0 Å². The van der Waals surface area contributed by atoms with Crippen LogP contribution in [0.2, 0.25) is 0 Å². The van der Waals surface area contributed by atoms with Gasteiger partial charge in [0, 0.05) is 10.2 Å². The van der Waals surface area contributed by atoms with Gasteiger partial charge in [0.2, 0.25) is 5.91 Å². The Morgan fingerprint density at radius 1 is 1.05 bits per heavy atom. The molecule has 0 spiro atoms. The predicted molar refractivity (Wildman–Crippen MR) is 152 cm³/mol. The molecule has 0 unspecified atom stereocenters. The number of ether oxygens (including phenoxy) is 2. The lowest BCUT2D eigenvalue weighted by Gasteiger charge is -2.15. The molecule has 2 N–H and O–H groups in total. The van der Waals surface area contributed by atoms with Crippen molar-refractivity contribution in [3.05, 3.63) is 92.0 Å². The maximum Gasteiger partial charge on any atom is 0.329 e. The van der Waals surface area contributed by atoms with Crippen molar-refractivity contribution < 1.29 is 23.9 Å². The van der Waals surface area contributed by atoms with Crippen molar-refractivity contribution in [2.45, 2.75) is 20.5 Å². The van der Waals surface area contributed by atoms with Gasteiger partial charge in [-0.1, -0.05) is 40.2 Å². The normalized spacial score (nSPS) is 14.0. The van der Waals surface area contributed by atoms with E-state index in [9.17, 15) is 14.4 Å². The first-order chi connectivity index (χ1) is 18.2. The van der Waals surface area contributed by atoms with Gasteiger partial charge in [0.25, 0.3) is 5.91 Å². The maximum atomic E-state index is 12.9. The van der Waals surface area contributed by atoms with Crippen LogP contribution in [0.5, 0.6) is 11.5 Å². The van der Waals surface area contributed by atoms with E-state index in [1.54, 1.807) is 24.3 Å². The fourth-order valence-electron chi connectivity index (χ4n) is 3.76. The van der Waals surface area contributed by atoms with Crippen molar-refractivity contribution in [3.8, 4) is 11.5 Å². The topological polar surface area (TPSA) is 97.0 Å². The summed E-state index contributed by atoms with van der Waals surface area (Å²) in [5.74, 6) is -0.0711. The Kier molecular flexibility index (Phi) is 8.85. The van der Waals surface area contributed by atoms with Gasteiger partial charge in [0.15, 0.2) is 11.5 Å². The molecule has 38 heavy (non-hydrogen) atoms. The second-order valence-corrected chi connectivity index (χ2v) is 10.2. The monoisotopic (exact) mass is 641 g/mol. The van der Waals surface area contributed by atoms with Crippen LogP contribution in [0.15, 0.2) is 75.3 Å². The number of imide groups is 1. The van der Waals surface area contributed by atoms with E-state index in [-0.39, 0.29) is 5.70 Å². The number of benzene rings is 3. The van der Waals surface area contributed by atoms with Crippen molar-refractivity contribution in [2.24, 2.45) is 0 Å². The average molecular weight is 643 g/mol. The molecule has 196 valence electrons. The molecule has 1 aliphatic rings. The van der Waals surface area contributed by atoms with E-state index >= 15 is 0 Å². The van der Waals surface area contributed by atoms with Gasteiger partial charge in [-0.05, 0) is 88.9 Å². The number of hydrogen-bond acceptors (Lipinski definition) is 5. The molecule has 1 aliphatic heterocycles. The van der Waals surface area contributed by atoms with Crippen LogP contribution >= 0.6 is 31.9 Å². The highest BCUT2D eigenvalue weighted by Crippen LogP contribution is 2.38. The number of rotatable bonds is 9. The highest BCUT2D eigenvalue weighted by molar-refractivity contribution is 9.10. The maximum absolute atomic E-state index is 12.9. The Morgan fingerprint density at radius 3 is 2.53 bits per heavy atom. The third-order valence-electron chi connectivity index (χ3n) is 5.50. The summed E-state index contributed by atoms with van der Waals surface area (Å²) in [5, 5.41) is 5.25. The Balaban J connectivity index is 1.48. The number of nitrogens with one attached hydrogen (secondary N) is 2. The minimum Gasteiger partial charge on any atom is -0.490 e. The fraction of sp³-hybridized carbons (Fsp3) is 0.179. The summed E-state index contributed by atoms with van der Waals surface area (Å²) >= 11 is 6.95. The Morgan fingerprint density at radius 2 is 1.82 bits per heavy atom. The van der Waals surface area contributed by atoms with Crippen LogP contribution in [0.25, 0.3) is 6.08 Å². The van der Waals surface area contributed by atoms with Gasteiger partial charge in [-0.25, -0.2) is 9.69 Å². The van der Waals surface area contributed by atoms with Gasteiger partial charge in [-0.15, -0.1) is 0 Å². The van der Waals surface area contributed by atoms with Crippen molar-refractivity contribution in [1.82, 2.24) is 10.2 Å². The van der Waals surface area contributed by atoms with E-state index in [4.69, 9.17) is 9.47 Å². The standard InChI is InChI=1S/C28H25Br2N3O5/c1-3-37-24-14-19(12-22(30)26(24)38-16-18-7-9-20(29)10-8-18)13-23-27(35)33(28(36)32-23)15-25(34)31-21-6-4-5-17(2)11-21/h4-14H,3,15-16H2,1-2H3,(H,31,34)(H,32,36)/b23-13+. The number of nitrogens with zero attached hydrogens (tertiary/aromatic N) is 1. The molecule has 3 aromatic carbocycles. The van der Waals surface area contributed by atoms with E-state index in [0.717, 1.165) is 20.5 Å². The van der Waals surface area contributed by atoms with E-state index in [1.165, 1.54) is 6.08 Å². The number of hydrogen-bond donors (Lipinski definition) is 2. The summed E-state index contributed by atoms with van der Waals surface area (Å²) in [6, 6.07) is 17.9. The molecule has 3 aromatic rings. The van der Waals surface area contributed by atoms with Gasteiger partial charge in [0.05, 0.1) is 11.1 Å². The molecule has 0 radical (unpaired) electrons. The third-order valence-corrected chi connectivity index (χ3v) is 6.62. The van der Waals surface area contributed by atoms with Gasteiger partial charge in [0.1, 0.15) is 18.8 Å². The molecule has 0 saturated carbocycles. The van der Waals surface area contributed by atoms with E-state index in [0.29, 0.717) is 40.4 Å². The number of urea groups is 1. The van der Waals surface area contributed by atoms with Gasteiger partial charge >= 0.3 is 6.03 Å². The number of carbonyl (C=O) groups is 3. The number of aryl methyl sites for hydroxylation is 1. The number of halogens is 2.